The van der Waals surface area contributed by atoms with Crippen molar-refractivity contribution in [2.24, 2.45) is 17.8 Å². The molecule has 2 saturated carbocycles. The molecule has 5 nitrogen and oxygen atoms in total. The number of nitrogens with one attached hydrogen (secondary N) is 3. The molecule has 3 rings (SSSR count). The molecule has 6 heteroatoms. The van der Waals surface area contributed by atoms with Crippen molar-refractivity contribution in [1.29, 1.82) is 0 Å². The lowest BCUT2D eigenvalue weighted by atomic mass is 9.99. The summed E-state index contributed by atoms with van der Waals surface area (Å²) in [6, 6.07) is 1.70. The van der Waals surface area contributed by atoms with Gasteiger partial charge in [0.1, 0.15) is 0 Å². The van der Waals surface area contributed by atoms with Crippen LogP contribution in [-0.4, -0.2) is 27.0 Å². The van der Waals surface area contributed by atoms with Crippen LogP contribution >= 0.6 is 0 Å². The van der Waals surface area contributed by atoms with Crippen molar-refractivity contribution < 1.29 is 8.42 Å². The SMILES string of the molecule is CNCc1cc(S(=O)(=O)NCC(C2CC2)C2CC2)c[nH]1. The molecule has 0 unspecified atom stereocenters. The third kappa shape index (κ3) is 3.24. The molecule has 2 fully saturated rings. The van der Waals surface area contributed by atoms with Gasteiger partial charge in [-0.25, -0.2) is 13.1 Å². The second-order valence-corrected chi connectivity index (χ2v) is 7.85. The molecule has 0 atom stereocenters. The van der Waals surface area contributed by atoms with Gasteiger partial charge in [0.25, 0.3) is 0 Å². The van der Waals surface area contributed by atoms with E-state index in [9.17, 15) is 8.42 Å². The van der Waals surface area contributed by atoms with E-state index >= 15 is 0 Å². The molecular formula is C14H23N3O2S. The first kappa shape index (κ1) is 14.1. The van der Waals surface area contributed by atoms with Gasteiger partial charge in [-0.2, -0.15) is 0 Å². The maximum absolute atomic E-state index is 12.3. The van der Waals surface area contributed by atoms with E-state index in [1.165, 1.54) is 25.7 Å². The summed E-state index contributed by atoms with van der Waals surface area (Å²) >= 11 is 0. The Morgan fingerprint density at radius 1 is 1.30 bits per heavy atom. The van der Waals surface area contributed by atoms with Crippen LogP contribution in [0.15, 0.2) is 17.2 Å². The fraction of sp³-hybridized carbons (Fsp3) is 0.714. The van der Waals surface area contributed by atoms with Crippen molar-refractivity contribution in [2.75, 3.05) is 13.6 Å². The molecule has 1 aromatic rings. The van der Waals surface area contributed by atoms with Crippen molar-refractivity contribution in [3.63, 3.8) is 0 Å². The predicted molar refractivity (Wildman–Crippen MR) is 77.7 cm³/mol. The van der Waals surface area contributed by atoms with E-state index in [-0.39, 0.29) is 0 Å². The molecule has 0 bridgehead atoms. The van der Waals surface area contributed by atoms with Crippen LogP contribution in [-0.2, 0) is 16.6 Å². The number of rotatable bonds is 8. The van der Waals surface area contributed by atoms with Gasteiger partial charge in [0.05, 0.1) is 4.90 Å². The number of hydrogen-bond acceptors (Lipinski definition) is 3. The summed E-state index contributed by atoms with van der Waals surface area (Å²) in [6.45, 7) is 1.24. The Bertz CT molecular complexity index is 547. The number of aromatic nitrogens is 1. The minimum absolute atomic E-state index is 0.341. The zero-order valence-electron chi connectivity index (χ0n) is 11.9. The summed E-state index contributed by atoms with van der Waals surface area (Å²) in [4.78, 5) is 3.33. The highest BCUT2D eigenvalue weighted by Crippen LogP contribution is 2.48. The van der Waals surface area contributed by atoms with E-state index in [4.69, 9.17) is 0 Å². The highest BCUT2D eigenvalue weighted by Gasteiger charge is 2.41. The Hall–Kier alpha value is -0.850. The molecule has 1 aromatic heterocycles. The lowest BCUT2D eigenvalue weighted by Crippen LogP contribution is -2.31. The highest BCUT2D eigenvalue weighted by molar-refractivity contribution is 7.89. The Labute approximate surface area is 120 Å². The zero-order chi connectivity index (χ0) is 14.2. The van der Waals surface area contributed by atoms with E-state index in [0.717, 1.165) is 17.5 Å². The second-order valence-electron chi connectivity index (χ2n) is 6.08. The van der Waals surface area contributed by atoms with Gasteiger partial charge in [0, 0.05) is 25.0 Å². The van der Waals surface area contributed by atoms with Crippen molar-refractivity contribution in [2.45, 2.75) is 37.1 Å². The predicted octanol–water partition coefficient (Wildman–Crippen LogP) is 1.45. The smallest absolute Gasteiger partial charge is 0.242 e. The normalized spacial score (nSPS) is 19.7. The van der Waals surface area contributed by atoms with Crippen molar-refractivity contribution in [3.05, 3.63) is 18.0 Å². The molecule has 0 aromatic carbocycles. The van der Waals surface area contributed by atoms with Gasteiger partial charge in [0.15, 0.2) is 0 Å². The minimum atomic E-state index is -3.37. The van der Waals surface area contributed by atoms with Gasteiger partial charge >= 0.3 is 0 Å². The average molecular weight is 297 g/mol. The van der Waals surface area contributed by atoms with E-state index < -0.39 is 10.0 Å². The van der Waals surface area contributed by atoms with Crippen LogP contribution < -0.4 is 10.0 Å². The molecule has 0 spiro atoms. The van der Waals surface area contributed by atoms with Crippen LogP contribution in [0.3, 0.4) is 0 Å². The Kier molecular flexibility index (Phi) is 3.88. The van der Waals surface area contributed by atoms with Crippen LogP contribution in [0, 0.1) is 17.8 Å². The topological polar surface area (TPSA) is 74.0 Å². The lowest BCUT2D eigenvalue weighted by Gasteiger charge is -2.15. The number of hydrogen-bond donors (Lipinski definition) is 3. The Balaban J connectivity index is 1.61. The third-order valence-corrected chi connectivity index (χ3v) is 5.76. The highest BCUT2D eigenvalue weighted by atomic mass is 32.2. The van der Waals surface area contributed by atoms with Crippen LogP contribution in [0.25, 0.3) is 0 Å². The van der Waals surface area contributed by atoms with Gasteiger partial charge in [-0.15, -0.1) is 0 Å². The van der Waals surface area contributed by atoms with E-state index in [0.29, 0.717) is 23.9 Å². The fourth-order valence-corrected chi connectivity index (χ4v) is 4.01. The van der Waals surface area contributed by atoms with Gasteiger partial charge < -0.3 is 10.3 Å². The largest absolute Gasteiger partial charge is 0.363 e. The first-order chi connectivity index (χ1) is 9.60. The molecule has 0 amide bonds. The molecule has 3 N–H and O–H groups in total. The van der Waals surface area contributed by atoms with Crippen LogP contribution in [0.1, 0.15) is 31.4 Å². The monoisotopic (exact) mass is 297 g/mol. The molecule has 0 aliphatic heterocycles. The number of H-pyrrole nitrogens is 1. The van der Waals surface area contributed by atoms with E-state index in [2.05, 4.69) is 15.0 Å². The van der Waals surface area contributed by atoms with Crippen LogP contribution in [0.4, 0.5) is 0 Å². The molecule has 20 heavy (non-hydrogen) atoms. The Morgan fingerprint density at radius 3 is 2.50 bits per heavy atom. The summed E-state index contributed by atoms with van der Waals surface area (Å²) in [7, 11) is -1.54. The Morgan fingerprint density at radius 2 is 1.95 bits per heavy atom. The third-order valence-electron chi connectivity index (χ3n) is 4.36. The molecule has 0 saturated heterocycles. The summed E-state index contributed by atoms with van der Waals surface area (Å²) in [5, 5.41) is 3.00. The van der Waals surface area contributed by atoms with E-state index in [1.807, 2.05) is 7.05 Å². The van der Waals surface area contributed by atoms with Crippen molar-refractivity contribution in [3.8, 4) is 0 Å². The summed E-state index contributed by atoms with van der Waals surface area (Å²) in [5.41, 5.74) is 0.883. The summed E-state index contributed by atoms with van der Waals surface area (Å²) in [6.07, 6.45) is 6.68. The zero-order valence-corrected chi connectivity index (χ0v) is 12.7. The standard InChI is InChI=1S/C14H23N3O2S/c1-15-7-12-6-13(8-16-12)20(18,19)17-9-14(10-2-3-10)11-4-5-11/h6,8,10-11,14-17H,2-5,7,9H2,1H3. The van der Waals surface area contributed by atoms with Gasteiger partial charge in [-0.1, -0.05) is 0 Å². The van der Waals surface area contributed by atoms with Gasteiger partial charge in [-0.3, -0.25) is 0 Å². The first-order valence-corrected chi connectivity index (χ1v) is 8.90. The van der Waals surface area contributed by atoms with Crippen molar-refractivity contribution >= 4 is 10.0 Å². The molecule has 0 radical (unpaired) electrons. The number of sulfonamides is 1. The van der Waals surface area contributed by atoms with Crippen molar-refractivity contribution in [1.82, 2.24) is 15.0 Å². The quantitative estimate of drug-likeness (QED) is 0.680. The maximum Gasteiger partial charge on any atom is 0.242 e. The van der Waals surface area contributed by atoms with Crippen LogP contribution in [0.5, 0.6) is 0 Å². The van der Waals surface area contributed by atoms with Gasteiger partial charge in [0.2, 0.25) is 10.0 Å². The molecule has 1 heterocycles. The molecule has 2 aliphatic carbocycles. The molecular weight excluding hydrogens is 274 g/mol. The molecule has 112 valence electrons. The summed E-state index contributed by atoms with van der Waals surface area (Å²) in [5.74, 6) is 2.08. The van der Waals surface area contributed by atoms with E-state index in [1.54, 1.807) is 12.3 Å². The summed E-state index contributed by atoms with van der Waals surface area (Å²) < 4.78 is 27.4. The first-order valence-electron chi connectivity index (χ1n) is 7.41. The lowest BCUT2D eigenvalue weighted by molar-refractivity contribution is 0.401. The minimum Gasteiger partial charge on any atom is -0.363 e. The molecule has 2 aliphatic rings. The second kappa shape index (κ2) is 5.50. The fourth-order valence-electron chi connectivity index (χ4n) is 2.92. The average Bonchev–Trinajstić information content (AvgIpc) is 3.32. The van der Waals surface area contributed by atoms with Gasteiger partial charge in [-0.05, 0) is 56.6 Å². The number of aromatic amines is 1. The van der Waals surface area contributed by atoms with Crippen LogP contribution in [0.2, 0.25) is 0 Å². The maximum atomic E-state index is 12.3.